The first-order chi connectivity index (χ1) is 8.61. The summed E-state index contributed by atoms with van der Waals surface area (Å²) in [6.07, 6.45) is 0. The Bertz CT molecular complexity index is 243. The predicted octanol–water partition coefficient (Wildman–Crippen LogP) is -1.12. The van der Waals surface area contributed by atoms with Crippen molar-refractivity contribution in [1.29, 1.82) is 0 Å². The molecular weight excluding hydrogens is 232 g/mol. The van der Waals surface area contributed by atoms with E-state index in [4.69, 9.17) is 0 Å². The van der Waals surface area contributed by atoms with Crippen LogP contribution in [0.15, 0.2) is 0 Å². The second kappa shape index (κ2) is 8.05. The van der Waals surface area contributed by atoms with Gasteiger partial charge in [0.05, 0.1) is 0 Å². The fourth-order valence-corrected chi connectivity index (χ4v) is 1.96. The van der Waals surface area contributed by atoms with Crippen LogP contribution in [-0.4, -0.2) is 74.0 Å². The molecule has 0 bridgehead atoms. The van der Waals surface area contributed by atoms with Crippen molar-refractivity contribution in [3.05, 3.63) is 0 Å². The molecule has 0 atom stereocenters. The van der Waals surface area contributed by atoms with Gasteiger partial charge in [0.2, 0.25) is 11.8 Å². The maximum atomic E-state index is 10.7. The molecule has 2 saturated heterocycles. The van der Waals surface area contributed by atoms with E-state index >= 15 is 0 Å². The molecule has 6 nitrogen and oxygen atoms in total. The summed E-state index contributed by atoms with van der Waals surface area (Å²) in [5.74, 6) is 0.382. The van der Waals surface area contributed by atoms with Gasteiger partial charge in [-0.3, -0.25) is 9.59 Å². The molecule has 0 aromatic carbocycles. The quantitative estimate of drug-likeness (QED) is 0.576. The normalized spacial score (nSPS) is 19.9. The van der Waals surface area contributed by atoms with Gasteiger partial charge in [-0.05, 0) is 0 Å². The Hall–Kier alpha value is -1.14. The predicted molar refractivity (Wildman–Crippen MR) is 70.2 cm³/mol. The second-order valence-electron chi connectivity index (χ2n) is 4.51. The van der Waals surface area contributed by atoms with Gasteiger partial charge in [0.1, 0.15) is 0 Å². The molecule has 0 saturated carbocycles. The van der Waals surface area contributed by atoms with E-state index in [2.05, 4.69) is 10.6 Å². The van der Waals surface area contributed by atoms with Gasteiger partial charge in [0.15, 0.2) is 0 Å². The van der Waals surface area contributed by atoms with Gasteiger partial charge in [-0.15, -0.1) is 0 Å². The van der Waals surface area contributed by atoms with Crippen LogP contribution in [0.2, 0.25) is 0 Å². The molecule has 18 heavy (non-hydrogen) atoms. The number of carbonyl (C=O) groups excluding carboxylic acids is 2. The summed E-state index contributed by atoms with van der Waals surface area (Å²) in [4.78, 5) is 25.1. The number of carbonyl (C=O) groups is 2. The number of hydrogen-bond acceptors (Lipinski definition) is 4. The summed E-state index contributed by atoms with van der Waals surface area (Å²) in [5, 5.41) is 6.35. The van der Waals surface area contributed by atoms with Crippen molar-refractivity contribution in [2.24, 2.45) is 0 Å². The van der Waals surface area contributed by atoms with E-state index in [-0.39, 0.29) is 11.8 Å². The first-order valence-electron chi connectivity index (χ1n) is 6.53. The molecule has 2 aliphatic rings. The molecule has 0 aliphatic carbocycles. The molecule has 2 amide bonds. The third-order valence-corrected chi connectivity index (χ3v) is 3.12. The van der Waals surface area contributed by atoms with Crippen LogP contribution in [-0.2, 0) is 9.59 Å². The zero-order chi connectivity index (χ0) is 13.4. The van der Waals surface area contributed by atoms with E-state index in [0.29, 0.717) is 0 Å². The van der Waals surface area contributed by atoms with Crippen molar-refractivity contribution < 1.29 is 9.59 Å². The molecule has 0 unspecified atom stereocenters. The molecule has 2 rings (SSSR count). The van der Waals surface area contributed by atoms with Crippen molar-refractivity contribution in [2.75, 3.05) is 52.4 Å². The van der Waals surface area contributed by atoms with Gasteiger partial charge >= 0.3 is 0 Å². The maximum Gasteiger partial charge on any atom is 0.219 e. The molecule has 0 radical (unpaired) electrons. The van der Waals surface area contributed by atoms with Gasteiger partial charge in [0.25, 0.3) is 0 Å². The van der Waals surface area contributed by atoms with E-state index in [1.54, 1.807) is 13.8 Å². The Morgan fingerprint density at radius 1 is 0.722 bits per heavy atom. The molecule has 2 aliphatic heterocycles. The number of nitrogens with one attached hydrogen (secondary N) is 2. The lowest BCUT2D eigenvalue weighted by atomic mass is 10.4. The minimum Gasteiger partial charge on any atom is -0.340 e. The largest absolute Gasteiger partial charge is 0.340 e. The summed E-state index contributed by atoms with van der Waals surface area (Å²) in [5.41, 5.74) is 0. The van der Waals surface area contributed by atoms with Crippen LogP contribution >= 0.6 is 0 Å². The van der Waals surface area contributed by atoms with Crippen molar-refractivity contribution in [3.63, 3.8) is 0 Å². The molecule has 2 fully saturated rings. The van der Waals surface area contributed by atoms with E-state index < -0.39 is 0 Å². The van der Waals surface area contributed by atoms with Gasteiger partial charge < -0.3 is 20.4 Å². The van der Waals surface area contributed by atoms with Crippen LogP contribution in [0.5, 0.6) is 0 Å². The number of hydrogen-bond donors (Lipinski definition) is 2. The first-order valence-corrected chi connectivity index (χ1v) is 6.53. The number of amides is 2. The fourth-order valence-electron chi connectivity index (χ4n) is 1.96. The van der Waals surface area contributed by atoms with E-state index in [1.165, 1.54) is 0 Å². The van der Waals surface area contributed by atoms with Crippen LogP contribution in [0, 0.1) is 0 Å². The summed E-state index contributed by atoms with van der Waals surface area (Å²) in [6, 6.07) is 0. The van der Waals surface area contributed by atoms with Gasteiger partial charge in [-0.1, -0.05) is 0 Å². The van der Waals surface area contributed by atoms with Crippen molar-refractivity contribution in [3.8, 4) is 0 Å². The standard InChI is InChI=1S/2C6H12N2O/c2*1-6(9)8-4-2-7-3-5-8/h2*7H,2-5H2,1H3. The van der Waals surface area contributed by atoms with E-state index in [0.717, 1.165) is 52.4 Å². The first kappa shape index (κ1) is 14.9. The third-order valence-electron chi connectivity index (χ3n) is 3.12. The van der Waals surface area contributed by atoms with Crippen LogP contribution in [0.25, 0.3) is 0 Å². The topological polar surface area (TPSA) is 64.7 Å². The number of nitrogens with zero attached hydrogens (tertiary/aromatic N) is 2. The molecule has 0 aromatic heterocycles. The Labute approximate surface area is 109 Å². The average Bonchev–Trinajstić information content (AvgIpc) is 2.41. The highest BCUT2D eigenvalue weighted by Crippen LogP contribution is 1.91. The Kier molecular flexibility index (Phi) is 6.67. The SMILES string of the molecule is CC(=O)N1CCNCC1.CC(=O)N1CCNCC1. The van der Waals surface area contributed by atoms with E-state index in [9.17, 15) is 9.59 Å². The van der Waals surface area contributed by atoms with Crippen LogP contribution in [0.4, 0.5) is 0 Å². The lowest BCUT2D eigenvalue weighted by Gasteiger charge is -2.25. The monoisotopic (exact) mass is 256 g/mol. The third kappa shape index (κ3) is 5.46. The summed E-state index contributed by atoms with van der Waals surface area (Å²) in [6.45, 7) is 10.5. The van der Waals surface area contributed by atoms with Gasteiger partial charge in [-0.25, -0.2) is 0 Å². The smallest absolute Gasteiger partial charge is 0.219 e. The summed E-state index contributed by atoms with van der Waals surface area (Å²) >= 11 is 0. The molecule has 104 valence electrons. The van der Waals surface area contributed by atoms with Crippen molar-refractivity contribution >= 4 is 11.8 Å². The highest BCUT2D eigenvalue weighted by Gasteiger charge is 2.11. The lowest BCUT2D eigenvalue weighted by molar-refractivity contribution is -0.130. The van der Waals surface area contributed by atoms with Crippen molar-refractivity contribution in [1.82, 2.24) is 20.4 Å². The summed E-state index contributed by atoms with van der Waals surface area (Å²) < 4.78 is 0. The molecule has 2 heterocycles. The lowest BCUT2D eigenvalue weighted by Crippen LogP contribution is -2.45. The van der Waals surface area contributed by atoms with Gasteiger partial charge in [-0.2, -0.15) is 0 Å². The van der Waals surface area contributed by atoms with Crippen LogP contribution in [0.3, 0.4) is 0 Å². The number of piperazine rings is 2. The van der Waals surface area contributed by atoms with Crippen LogP contribution in [0.1, 0.15) is 13.8 Å². The van der Waals surface area contributed by atoms with Crippen LogP contribution < -0.4 is 10.6 Å². The Morgan fingerprint density at radius 2 is 1.00 bits per heavy atom. The minimum absolute atomic E-state index is 0.191. The molecular formula is C12H24N4O2. The molecule has 0 aromatic rings. The minimum atomic E-state index is 0.191. The highest BCUT2D eigenvalue weighted by atomic mass is 16.2. The highest BCUT2D eigenvalue weighted by molar-refractivity contribution is 5.73. The zero-order valence-electron chi connectivity index (χ0n) is 11.4. The Balaban J connectivity index is 0.000000180. The molecule has 0 spiro atoms. The van der Waals surface area contributed by atoms with Crippen molar-refractivity contribution in [2.45, 2.75) is 13.8 Å². The van der Waals surface area contributed by atoms with Gasteiger partial charge in [0, 0.05) is 66.2 Å². The average molecular weight is 256 g/mol. The molecule has 2 N–H and O–H groups in total. The zero-order valence-corrected chi connectivity index (χ0v) is 11.4. The Morgan fingerprint density at radius 3 is 1.17 bits per heavy atom. The maximum absolute atomic E-state index is 10.7. The number of rotatable bonds is 0. The summed E-state index contributed by atoms with van der Waals surface area (Å²) in [7, 11) is 0. The molecule has 6 heteroatoms. The van der Waals surface area contributed by atoms with E-state index in [1.807, 2.05) is 9.80 Å². The fraction of sp³-hybridized carbons (Fsp3) is 0.833. The second-order valence-corrected chi connectivity index (χ2v) is 4.51.